The number of hydrogen-bond donors (Lipinski definition) is 0. The van der Waals surface area contributed by atoms with Crippen molar-refractivity contribution in [3.8, 4) is 0 Å². The molecule has 1 rings (SSSR count). The first kappa shape index (κ1) is 5.58. The number of rotatable bonds is 1. The first-order valence-electron chi connectivity index (χ1n) is 5.90. The Bertz CT molecular complexity index is 208. The minimum absolute atomic E-state index is 0.142. The van der Waals surface area contributed by atoms with Crippen LogP contribution in [0.5, 0.6) is 0 Å². The first-order valence-corrected chi connectivity index (χ1v) is 4.40. The van der Waals surface area contributed by atoms with Crippen LogP contribution in [0.3, 0.4) is 0 Å². The fourth-order valence-corrected chi connectivity index (χ4v) is 1.91. The molecule has 0 aromatic rings. The molecule has 0 aromatic carbocycles. The summed E-state index contributed by atoms with van der Waals surface area (Å²) in [5, 5.41) is 0. The SMILES string of the molecule is [2H]C([2H])([2H])N1CC(C)(C)CC1C(C)C. The van der Waals surface area contributed by atoms with Crippen LogP contribution < -0.4 is 0 Å². The molecule has 0 amide bonds. The monoisotopic (exact) mass is 158 g/mol. The van der Waals surface area contributed by atoms with Gasteiger partial charge in [-0.05, 0) is 24.7 Å². The summed E-state index contributed by atoms with van der Waals surface area (Å²) in [6.07, 6.45) is 0.989. The smallest absolute Gasteiger partial charge is 0.0394 e. The van der Waals surface area contributed by atoms with Gasteiger partial charge in [0.1, 0.15) is 0 Å². The summed E-state index contributed by atoms with van der Waals surface area (Å²) in [5.74, 6) is 0.414. The largest absolute Gasteiger partial charge is 0.303 e. The Morgan fingerprint density at radius 3 is 2.55 bits per heavy atom. The zero-order valence-electron chi connectivity index (χ0n) is 11.0. The molecule has 1 aliphatic rings. The van der Waals surface area contributed by atoms with E-state index < -0.39 is 6.98 Å². The third-order valence-electron chi connectivity index (χ3n) is 2.53. The van der Waals surface area contributed by atoms with E-state index in [0.717, 1.165) is 6.42 Å². The summed E-state index contributed by atoms with van der Waals surface area (Å²) in [6, 6.07) is 0.206. The summed E-state index contributed by atoms with van der Waals surface area (Å²) in [5.41, 5.74) is 0.142. The molecule has 1 atom stereocenters. The van der Waals surface area contributed by atoms with Gasteiger partial charge in [0, 0.05) is 16.7 Å². The van der Waals surface area contributed by atoms with Crippen molar-refractivity contribution in [1.29, 1.82) is 0 Å². The molecule has 1 fully saturated rings. The van der Waals surface area contributed by atoms with E-state index in [1.807, 2.05) is 0 Å². The van der Waals surface area contributed by atoms with Gasteiger partial charge in [0.25, 0.3) is 0 Å². The topological polar surface area (TPSA) is 3.24 Å². The van der Waals surface area contributed by atoms with Gasteiger partial charge in [0.05, 0.1) is 0 Å². The molecule has 1 aliphatic heterocycles. The second-order valence-corrected chi connectivity index (χ2v) is 4.81. The Labute approximate surface area is 75.0 Å². The molecule has 0 aromatic heterocycles. The van der Waals surface area contributed by atoms with Gasteiger partial charge in [-0.25, -0.2) is 0 Å². The third kappa shape index (κ3) is 1.96. The molecule has 0 radical (unpaired) electrons. The van der Waals surface area contributed by atoms with Crippen molar-refractivity contribution >= 4 is 0 Å². The van der Waals surface area contributed by atoms with Gasteiger partial charge in [0.15, 0.2) is 0 Å². The van der Waals surface area contributed by atoms with Gasteiger partial charge in [-0.2, -0.15) is 0 Å². The maximum Gasteiger partial charge on any atom is 0.0394 e. The molecular formula is C10H21N. The van der Waals surface area contributed by atoms with Gasteiger partial charge in [-0.3, -0.25) is 0 Å². The van der Waals surface area contributed by atoms with E-state index >= 15 is 0 Å². The van der Waals surface area contributed by atoms with Gasteiger partial charge in [-0.15, -0.1) is 0 Å². The zero-order valence-corrected chi connectivity index (χ0v) is 8.02. The van der Waals surface area contributed by atoms with E-state index in [4.69, 9.17) is 4.11 Å². The van der Waals surface area contributed by atoms with Gasteiger partial charge in [0.2, 0.25) is 0 Å². The number of nitrogens with zero attached hydrogens (tertiary/aromatic N) is 1. The summed E-state index contributed by atoms with van der Waals surface area (Å²) in [4.78, 5) is 1.69. The van der Waals surface area contributed by atoms with E-state index in [2.05, 4.69) is 27.7 Å². The van der Waals surface area contributed by atoms with Crippen molar-refractivity contribution in [2.24, 2.45) is 11.3 Å². The lowest BCUT2D eigenvalue weighted by Crippen LogP contribution is -2.29. The normalized spacial score (nSPS) is 36.8. The Kier molecular flexibility index (Phi) is 1.41. The average Bonchev–Trinajstić information content (AvgIpc) is 2.24. The van der Waals surface area contributed by atoms with Gasteiger partial charge >= 0.3 is 0 Å². The highest BCUT2D eigenvalue weighted by Gasteiger charge is 2.36. The van der Waals surface area contributed by atoms with E-state index in [1.54, 1.807) is 4.90 Å². The molecule has 11 heavy (non-hydrogen) atoms. The Balaban J connectivity index is 2.83. The highest BCUT2D eigenvalue weighted by atomic mass is 15.2. The molecule has 0 spiro atoms. The van der Waals surface area contributed by atoms with Crippen molar-refractivity contribution in [2.45, 2.75) is 40.2 Å². The van der Waals surface area contributed by atoms with Crippen LogP contribution in [-0.4, -0.2) is 24.5 Å². The highest BCUT2D eigenvalue weighted by Crippen LogP contribution is 2.35. The lowest BCUT2D eigenvalue weighted by Gasteiger charge is -2.22. The fourth-order valence-electron chi connectivity index (χ4n) is 1.91. The minimum atomic E-state index is -1.93. The predicted octanol–water partition coefficient (Wildman–Crippen LogP) is 2.37. The minimum Gasteiger partial charge on any atom is -0.303 e. The van der Waals surface area contributed by atoms with Crippen LogP contribution in [0, 0.1) is 11.3 Å². The fraction of sp³-hybridized carbons (Fsp3) is 1.00. The quantitative estimate of drug-likeness (QED) is 0.566. The van der Waals surface area contributed by atoms with Crippen molar-refractivity contribution < 1.29 is 4.11 Å². The molecule has 0 saturated carbocycles. The lowest BCUT2D eigenvalue weighted by atomic mass is 9.88. The summed E-state index contributed by atoms with van der Waals surface area (Å²) < 4.78 is 22.5. The lowest BCUT2D eigenvalue weighted by molar-refractivity contribution is 0.248. The van der Waals surface area contributed by atoms with Gasteiger partial charge in [-0.1, -0.05) is 27.7 Å². The average molecular weight is 158 g/mol. The molecular weight excluding hydrogens is 134 g/mol. The Hall–Kier alpha value is -0.0400. The second kappa shape index (κ2) is 2.78. The van der Waals surface area contributed by atoms with Crippen LogP contribution in [-0.2, 0) is 0 Å². The zero-order chi connectivity index (χ0) is 11.1. The molecule has 1 unspecified atom stereocenters. The van der Waals surface area contributed by atoms with Gasteiger partial charge < -0.3 is 4.90 Å². The molecule has 0 N–H and O–H groups in total. The van der Waals surface area contributed by atoms with Crippen LogP contribution in [0.1, 0.15) is 38.2 Å². The van der Waals surface area contributed by atoms with Crippen LogP contribution in [0.25, 0.3) is 0 Å². The van der Waals surface area contributed by atoms with E-state index in [1.165, 1.54) is 0 Å². The standard InChI is InChI=1S/C10H21N/c1-8(2)9-6-10(3,4)7-11(9)5/h8-9H,6-7H2,1-5H3/i5D3. The molecule has 0 bridgehead atoms. The molecule has 0 aliphatic carbocycles. The summed E-state index contributed by atoms with van der Waals surface area (Å²) >= 11 is 0. The van der Waals surface area contributed by atoms with Crippen molar-refractivity contribution in [3.63, 3.8) is 0 Å². The van der Waals surface area contributed by atoms with Crippen LogP contribution in [0.2, 0.25) is 0 Å². The maximum absolute atomic E-state index is 7.49. The summed E-state index contributed by atoms with van der Waals surface area (Å²) in [7, 11) is 0. The Morgan fingerprint density at radius 2 is 2.18 bits per heavy atom. The van der Waals surface area contributed by atoms with Crippen LogP contribution in [0.4, 0.5) is 0 Å². The first-order chi connectivity index (χ1) is 6.13. The number of likely N-dealkylation sites (tertiary alicyclic amines) is 1. The highest BCUT2D eigenvalue weighted by molar-refractivity contribution is 4.90. The van der Waals surface area contributed by atoms with Crippen molar-refractivity contribution in [2.75, 3.05) is 13.5 Å². The van der Waals surface area contributed by atoms with Crippen molar-refractivity contribution in [1.82, 2.24) is 4.90 Å². The van der Waals surface area contributed by atoms with Crippen LogP contribution in [0.15, 0.2) is 0 Å². The van der Waals surface area contributed by atoms with E-state index in [-0.39, 0.29) is 11.5 Å². The Morgan fingerprint density at radius 1 is 1.55 bits per heavy atom. The third-order valence-corrected chi connectivity index (χ3v) is 2.53. The maximum atomic E-state index is 7.49. The van der Waals surface area contributed by atoms with Crippen LogP contribution >= 0.6 is 0 Å². The predicted molar refractivity (Wildman–Crippen MR) is 49.7 cm³/mol. The molecule has 1 heteroatoms. The molecule has 66 valence electrons. The van der Waals surface area contributed by atoms with E-state index in [0.29, 0.717) is 12.5 Å². The molecule has 1 nitrogen and oxygen atoms in total. The summed E-state index contributed by atoms with van der Waals surface area (Å²) in [6.45, 7) is 7.26. The van der Waals surface area contributed by atoms with E-state index in [9.17, 15) is 0 Å². The molecule has 1 saturated heterocycles. The molecule has 1 heterocycles. The number of hydrogen-bond acceptors (Lipinski definition) is 1. The second-order valence-electron chi connectivity index (χ2n) is 4.81. The van der Waals surface area contributed by atoms with Crippen molar-refractivity contribution in [3.05, 3.63) is 0 Å².